The average molecular weight is 431 g/mol. The maximum absolute atomic E-state index is 12.9. The van der Waals surface area contributed by atoms with E-state index in [2.05, 4.69) is 10.5 Å². The predicted molar refractivity (Wildman–Crippen MR) is 119 cm³/mol. The molecule has 0 heterocycles. The molecule has 162 valence electrons. The van der Waals surface area contributed by atoms with Crippen LogP contribution in [0.5, 0.6) is 11.5 Å². The number of rotatable bonds is 7. The lowest BCUT2D eigenvalue weighted by Gasteiger charge is -2.18. The van der Waals surface area contributed by atoms with E-state index < -0.39 is 16.0 Å². The van der Waals surface area contributed by atoms with Crippen LogP contribution in [0.4, 0.5) is 5.69 Å². The third-order valence-corrected chi connectivity index (χ3v) is 5.76. The number of benzene rings is 3. The SMILES string of the molecule is COc1c(O)ccc(/C=N/NC(=O)C2CC2(c2ccccc2)c2ccccc2)c1[N+](=O)[O-]. The van der Waals surface area contributed by atoms with E-state index in [-0.39, 0.29) is 28.9 Å². The fraction of sp³-hybridized carbons (Fsp3) is 0.167. The van der Waals surface area contributed by atoms with Crippen LogP contribution in [-0.4, -0.2) is 29.3 Å². The smallest absolute Gasteiger partial charge is 0.323 e. The highest BCUT2D eigenvalue weighted by atomic mass is 16.6. The highest BCUT2D eigenvalue weighted by Crippen LogP contribution is 2.58. The molecule has 1 aliphatic rings. The summed E-state index contributed by atoms with van der Waals surface area (Å²) in [6.07, 6.45) is 1.81. The van der Waals surface area contributed by atoms with Crippen molar-refractivity contribution in [3.05, 3.63) is 99.6 Å². The number of carbonyl (C=O) groups is 1. The van der Waals surface area contributed by atoms with Gasteiger partial charge in [-0.25, -0.2) is 5.43 Å². The summed E-state index contributed by atoms with van der Waals surface area (Å²) in [7, 11) is 1.23. The number of hydrogen-bond acceptors (Lipinski definition) is 6. The molecule has 0 spiro atoms. The molecule has 1 atom stereocenters. The molecule has 3 aromatic rings. The van der Waals surface area contributed by atoms with Crippen LogP contribution < -0.4 is 10.2 Å². The second-order valence-electron chi connectivity index (χ2n) is 7.51. The van der Waals surface area contributed by atoms with Crippen molar-refractivity contribution in [3.8, 4) is 11.5 Å². The largest absolute Gasteiger partial charge is 0.504 e. The number of phenols is 1. The van der Waals surface area contributed by atoms with Gasteiger partial charge in [0.15, 0.2) is 5.75 Å². The number of hydrogen-bond donors (Lipinski definition) is 2. The van der Waals surface area contributed by atoms with Crippen molar-refractivity contribution < 1.29 is 19.6 Å². The van der Waals surface area contributed by atoms with E-state index in [1.165, 1.54) is 25.5 Å². The molecule has 0 saturated heterocycles. The summed E-state index contributed by atoms with van der Waals surface area (Å²) in [6, 6.07) is 22.3. The van der Waals surface area contributed by atoms with Crippen LogP contribution in [0.25, 0.3) is 0 Å². The molecule has 0 bridgehead atoms. The number of nitrogens with zero attached hydrogens (tertiary/aromatic N) is 2. The Bertz CT molecular complexity index is 1140. The van der Waals surface area contributed by atoms with Crippen molar-refractivity contribution >= 4 is 17.8 Å². The molecule has 3 aromatic carbocycles. The van der Waals surface area contributed by atoms with Crippen molar-refractivity contribution in [2.75, 3.05) is 7.11 Å². The first kappa shape index (κ1) is 21.0. The van der Waals surface area contributed by atoms with Gasteiger partial charge in [-0.05, 0) is 29.7 Å². The molecule has 4 rings (SSSR count). The van der Waals surface area contributed by atoms with Crippen molar-refractivity contribution in [3.63, 3.8) is 0 Å². The number of phenolic OH excluding ortho intramolecular Hbond substituents is 1. The molecule has 1 saturated carbocycles. The van der Waals surface area contributed by atoms with Crippen LogP contribution in [0.15, 0.2) is 77.9 Å². The third kappa shape index (κ3) is 3.66. The van der Waals surface area contributed by atoms with E-state index in [0.717, 1.165) is 11.1 Å². The average Bonchev–Trinajstić information content (AvgIpc) is 3.58. The zero-order valence-corrected chi connectivity index (χ0v) is 17.3. The molecule has 1 aliphatic carbocycles. The Morgan fingerprint density at radius 2 is 1.72 bits per heavy atom. The topological polar surface area (TPSA) is 114 Å². The molecule has 1 amide bonds. The van der Waals surface area contributed by atoms with Gasteiger partial charge in [0.05, 0.1) is 29.7 Å². The van der Waals surface area contributed by atoms with E-state index >= 15 is 0 Å². The first-order chi connectivity index (χ1) is 15.5. The lowest BCUT2D eigenvalue weighted by molar-refractivity contribution is -0.386. The molecular formula is C24H21N3O5. The van der Waals surface area contributed by atoms with Gasteiger partial charge in [0.2, 0.25) is 11.7 Å². The summed E-state index contributed by atoms with van der Waals surface area (Å²) >= 11 is 0. The fourth-order valence-corrected chi connectivity index (χ4v) is 4.17. The number of hydrazone groups is 1. The third-order valence-electron chi connectivity index (χ3n) is 5.76. The van der Waals surface area contributed by atoms with E-state index in [0.29, 0.717) is 6.42 Å². The van der Waals surface area contributed by atoms with Crippen molar-refractivity contribution in [1.29, 1.82) is 0 Å². The van der Waals surface area contributed by atoms with Crippen molar-refractivity contribution in [1.82, 2.24) is 5.43 Å². The number of amides is 1. The molecule has 0 aromatic heterocycles. The lowest BCUT2D eigenvalue weighted by atomic mass is 9.85. The van der Waals surface area contributed by atoms with Crippen molar-refractivity contribution in [2.45, 2.75) is 11.8 Å². The minimum Gasteiger partial charge on any atom is -0.504 e. The Labute approximate surface area is 184 Å². The summed E-state index contributed by atoms with van der Waals surface area (Å²) in [5.41, 5.74) is 3.84. The van der Waals surface area contributed by atoms with E-state index in [1.54, 1.807) is 0 Å². The lowest BCUT2D eigenvalue weighted by Crippen LogP contribution is -2.25. The fourth-order valence-electron chi connectivity index (χ4n) is 4.17. The predicted octanol–water partition coefficient (Wildman–Crippen LogP) is 3.77. The monoisotopic (exact) mass is 431 g/mol. The first-order valence-corrected chi connectivity index (χ1v) is 9.97. The van der Waals surface area contributed by atoms with Gasteiger partial charge in [-0.3, -0.25) is 14.9 Å². The van der Waals surface area contributed by atoms with Crippen LogP contribution in [0.1, 0.15) is 23.1 Å². The second kappa shape index (κ2) is 8.50. The van der Waals surface area contributed by atoms with Gasteiger partial charge in [0, 0.05) is 5.41 Å². The van der Waals surface area contributed by atoms with Gasteiger partial charge in [0.1, 0.15) is 0 Å². The number of aromatic hydroxyl groups is 1. The van der Waals surface area contributed by atoms with Gasteiger partial charge in [0.25, 0.3) is 0 Å². The highest BCUT2D eigenvalue weighted by Gasteiger charge is 2.60. The van der Waals surface area contributed by atoms with Gasteiger partial charge >= 0.3 is 5.69 Å². The normalized spacial score (nSPS) is 16.5. The maximum Gasteiger partial charge on any atom is 0.323 e. The summed E-state index contributed by atoms with van der Waals surface area (Å²) in [4.78, 5) is 23.7. The molecule has 1 unspecified atom stereocenters. The number of nitro groups is 1. The van der Waals surface area contributed by atoms with Crippen LogP contribution >= 0.6 is 0 Å². The summed E-state index contributed by atoms with van der Waals surface area (Å²) in [6.45, 7) is 0. The molecule has 8 heteroatoms. The quantitative estimate of drug-likeness (QED) is 0.336. The molecule has 0 aliphatic heterocycles. The van der Waals surface area contributed by atoms with E-state index in [1.807, 2.05) is 60.7 Å². The minimum atomic E-state index is -0.668. The van der Waals surface area contributed by atoms with Gasteiger partial charge < -0.3 is 9.84 Å². The number of carbonyl (C=O) groups excluding carboxylic acids is 1. The van der Waals surface area contributed by atoms with E-state index in [4.69, 9.17) is 4.74 Å². The van der Waals surface area contributed by atoms with Gasteiger partial charge in [-0.1, -0.05) is 60.7 Å². The Hall–Kier alpha value is -4.20. The summed E-state index contributed by atoms with van der Waals surface area (Å²) in [5, 5.41) is 25.2. The molecule has 8 nitrogen and oxygen atoms in total. The molecule has 0 radical (unpaired) electrons. The standard InChI is InChI=1S/C24H21N3O5/c1-32-22-20(28)13-12-16(21(22)27(30)31)15-25-26-23(29)19-14-24(19,17-8-4-2-5-9-17)18-10-6-3-7-11-18/h2-13,15,19,28H,14H2,1H3,(H,26,29)/b25-15+. The zero-order valence-electron chi connectivity index (χ0n) is 17.3. The van der Waals surface area contributed by atoms with Crippen molar-refractivity contribution in [2.24, 2.45) is 11.0 Å². The Balaban J connectivity index is 1.57. The number of methoxy groups -OCH3 is 1. The second-order valence-corrected chi connectivity index (χ2v) is 7.51. The number of nitro benzene ring substituents is 1. The van der Waals surface area contributed by atoms with Crippen LogP contribution in [-0.2, 0) is 10.2 Å². The van der Waals surface area contributed by atoms with Crippen LogP contribution in [0.2, 0.25) is 0 Å². The van der Waals surface area contributed by atoms with Gasteiger partial charge in [-0.15, -0.1) is 0 Å². The van der Waals surface area contributed by atoms with Crippen LogP contribution in [0.3, 0.4) is 0 Å². The maximum atomic E-state index is 12.9. The summed E-state index contributed by atoms with van der Waals surface area (Å²) < 4.78 is 4.94. The zero-order chi connectivity index (χ0) is 22.7. The first-order valence-electron chi connectivity index (χ1n) is 9.97. The molecule has 32 heavy (non-hydrogen) atoms. The Kier molecular flexibility index (Phi) is 5.59. The Morgan fingerprint density at radius 3 is 2.25 bits per heavy atom. The number of ether oxygens (including phenoxy) is 1. The van der Waals surface area contributed by atoms with E-state index in [9.17, 15) is 20.0 Å². The molecule has 2 N–H and O–H groups in total. The van der Waals surface area contributed by atoms with Gasteiger partial charge in [-0.2, -0.15) is 5.10 Å². The number of nitrogens with one attached hydrogen (secondary N) is 1. The summed E-state index contributed by atoms with van der Waals surface area (Å²) in [5.74, 6) is -1.22. The minimum absolute atomic E-state index is 0.0955. The highest BCUT2D eigenvalue weighted by molar-refractivity contribution is 5.90. The molecular weight excluding hydrogens is 410 g/mol. The Morgan fingerprint density at radius 1 is 1.12 bits per heavy atom. The van der Waals surface area contributed by atoms with Crippen LogP contribution in [0, 0.1) is 16.0 Å². The molecule has 1 fully saturated rings.